The van der Waals surface area contributed by atoms with Gasteiger partial charge < -0.3 is 9.15 Å². The molecule has 25 heavy (non-hydrogen) atoms. The first-order valence-corrected chi connectivity index (χ1v) is 7.30. The van der Waals surface area contributed by atoms with E-state index < -0.39 is 12.2 Å². The van der Waals surface area contributed by atoms with Gasteiger partial charge in [0.05, 0.1) is 10.9 Å². The molecular weight excluding hydrogens is 330 g/mol. The Kier molecular flexibility index (Phi) is 3.77. The van der Waals surface area contributed by atoms with Crippen molar-refractivity contribution in [2.45, 2.75) is 6.43 Å². The van der Waals surface area contributed by atoms with Crippen molar-refractivity contribution >= 4 is 10.9 Å². The maximum Gasteiger partial charge on any atom is 0.297 e. The van der Waals surface area contributed by atoms with Crippen LogP contribution in [0.2, 0.25) is 0 Å². The molecule has 4 aromatic rings. The van der Waals surface area contributed by atoms with E-state index in [1.807, 2.05) is 0 Å². The van der Waals surface area contributed by atoms with Crippen LogP contribution in [0.1, 0.15) is 12.2 Å². The Morgan fingerprint density at radius 1 is 0.960 bits per heavy atom. The third-order valence-electron chi connectivity index (χ3n) is 3.46. The molecule has 0 radical (unpaired) electrons. The van der Waals surface area contributed by atoms with Gasteiger partial charge in [-0.2, -0.15) is 4.98 Å². The summed E-state index contributed by atoms with van der Waals surface area (Å²) in [5.41, 5.74) is 1.11. The summed E-state index contributed by atoms with van der Waals surface area (Å²) >= 11 is 0. The van der Waals surface area contributed by atoms with Crippen LogP contribution in [0.3, 0.4) is 0 Å². The molecule has 0 aliphatic carbocycles. The van der Waals surface area contributed by atoms with Crippen LogP contribution in [0.5, 0.6) is 11.6 Å². The van der Waals surface area contributed by atoms with Crippen molar-refractivity contribution in [3.8, 4) is 23.1 Å². The van der Waals surface area contributed by atoms with Gasteiger partial charge in [-0.3, -0.25) is 0 Å². The lowest BCUT2D eigenvalue weighted by Gasteiger charge is -2.10. The predicted octanol–water partition coefficient (Wildman–Crippen LogP) is 4.41. The molecule has 8 heteroatoms. The van der Waals surface area contributed by atoms with Gasteiger partial charge in [0.2, 0.25) is 18.2 Å². The molecule has 0 atom stereocenters. The number of halogens is 2. The highest BCUT2D eigenvalue weighted by Gasteiger charge is 2.16. The SMILES string of the molecule is FC(F)c1nc(Oc2ccc(-c3nnco3)cc2)c2ccccc2n1. The Bertz CT molecular complexity index is 1010. The number of hydrogen-bond acceptors (Lipinski definition) is 6. The Morgan fingerprint density at radius 2 is 1.76 bits per heavy atom. The van der Waals surface area contributed by atoms with Crippen LogP contribution in [0.25, 0.3) is 22.4 Å². The zero-order valence-corrected chi connectivity index (χ0v) is 12.6. The van der Waals surface area contributed by atoms with Gasteiger partial charge in [0.1, 0.15) is 5.75 Å². The molecule has 2 aromatic carbocycles. The molecule has 0 spiro atoms. The Hall–Kier alpha value is -3.42. The molecular formula is C17H10F2N4O2. The summed E-state index contributed by atoms with van der Waals surface area (Å²) in [6.45, 7) is 0. The van der Waals surface area contributed by atoms with Crippen LogP contribution in [-0.4, -0.2) is 20.2 Å². The van der Waals surface area contributed by atoms with Crippen molar-refractivity contribution in [3.63, 3.8) is 0 Å². The normalized spacial score (nSPS) is 11.2. The molecule has 0 aliphatic rings. The minimum atomic E-state index is -2.79. The molecule has 124 valence electrons. The van der Waals surface area contributed by atoms with E-state index in [0.717, 1.165) is 0 Å². The van der Waals surface area contributed by atoms with E-state index in [-0.39, 0.29) is 5.88 Å². The third-order valence-corrected chi connectivity index (χ3v) is 3.46. The van der Waals surface area contributed by atoms with Crippen LogP contribution in [-0.2, 0) is 0 Å². The number of nitrogens with zero attached hydrogens (tertiary/aromatic N) is 4. The highest BCUT2D eigenvalue weighted by atomic mass is 19.3. The van der Waals surface area contributed by atoms with E-state index in [0.29, 0.717) is 28.1 Å². The van der Waals surface area contributed by atoms with Crippen molar-refractivity contribution in [1.29, 1.82) is 0 Å². The molecule has 0 saturated carbocycles. The monoisotopic (exact) mass is 340 g/mol. The van der Waals surface area contributed by atoms with Gasteiger partial charge in [0.25, 0.3) is 6.43 Å². The van der Waals surface area contributed by atoms with Crippen molar-refractivity contribution in [1.82, 2.24) is 20.2 Å². The fourth-order valence-electron chi connectivity index (χ4n) is 2.32. The summed E-state index contributed by atoms with van der Waals surface area (Å²) in [5.74, 6) is 0.314. The second-order valence-electron chi connectivity index (χ2n) is 5.08. The highest BCUT2D eigenvalue weighted by molar-refractivity contribution is 5.83. The first-order chi connectivity index (χ1) is 12.2. The molecule has 0 N–H and O–H groups in total. The van der Waals surface area contributed by atoms with Gasteiger partial charge in [-0.25, -0.2) is 13.8 Å². The smallest absolute Gasteiger partial charge is 0.297 e. The van der Waals surface area contributed by atoms with Crippen LogP contribution < -0.4 is 4.74 Å². The number of para-hydroxylation sites is 1. The number of benzene rings is 2. The quantitative estimate of drug-likeness (QED) is 0.548. The average molecular weight is 340 g/mol. The maximum atomic E-state index is 13.0. The summed E-state index contributed by atoms with van der Waals surface area (Å²) < 4.78 is 36.9. The standard InChI is InChI=1S/C17H10F2N4O2/c18-14(19)15-21-13-4-2-1-3-12(13)17(22-15)25-11-7-5-10(6-8-11)16-23-20-9-24-16/h1-9,14H. The zero-order chi connectivity index (χ0) is 17.2. The highest BCUT2D eigenvalue weighted by Crippen LogP contribution is 2.30. The van der Waals surface area contributed by atoms with Crippen LogP contribution in [0, 0.1) is 0 Å². The number of ether oxygens (including phenoxy) is 1. The molecule has 2 heterocycles. The van der Waals surface area contributed by atoms with Crippen molar-refractivity contribution in [2.75, 3.05) is 0 Å². The molecule has 0 fully saturated rings. The molecule has 2 aromatic heterocycles. The summed E-state index contributed by atoms with van der Waals surface area (Å²) in [5, 5.41) is 7.97. The lowest BCUT2D eigenvalue weighted by atomic mass is 10.2. The predicted molar refractivity (Wildman–Crippen MR) is 84.3 cm³/mol. The van der Waals surface area contributed by atoms with Crippen molar-refractivity contribution < 1.29 is 17.9 Å². The number of alkyl halides is 2. The van der Waals surface area contributed by atoms with Crippen LogP contribution in [0.15, 0.2) is 59.3 Å². The van der Waals surface area contributed by atoms with E-state index in [1.54, 1.807) is 48.5 Å². The maximum absolute atomic E-state index is 13.0. The third kappa shape index (κ3) is 3.01. The van der Waals surface area contributed by atoms with Gasteiger partial charge in [-0.1, -0.05) is 12.1 Å². The summed E-state index contributed by atoms with van der Waals surface area (Å²) in [4.78, 5) is 7.70. The summed E-state index contributed by atoms with van der Waals surface area (Å²) in [6, 6.07) is 13.6. The van der Waals surface area contributed by atoms with Gasteiger partial charge in [-0.15, -0.1) is 10.2 Å². The fraction of sp³-hybridized carbons (Fsp3) is 0.0588. The number of rotatable bonds is 4. The molecule has 0 bridgehead atoms. The van der Waals surface area contributed by atoms with E-state index in [9.17, 15) is 8.78 Å². The van der Waals surface area contributed by atoms with Gasteiger partial charge in [-0.05, 0) is 36.4 Å². The molecule has 0 amide bonds. The van der Waals surface area contributed by atoms with E-state index in [1.165, 1.54) is 6.39 Å². The Balaban J connectivity index is 1.70. The molecule has 0 aliphatic heterocycles. The topological polar surface area (TPSA) is 73.9 Å². The molecule has 0 unspecified atom stereocenters. The first kappa shape index (κ1) is 15.1. The lowest BCUT2D eigenvalue weighted by Crippen LogP contribution is -1.99. The van der Waals surface area contributed by atoms with E-state index in [2.05, 4.69) is 20.2 Å². The van der Waals surface area contributed by atoms with E-state index >= 15 is 0 Å². The van der Waals surface area contributed by atoms with Crippen LogP contribution >= 0.6 is 0 Å². The average Bonchev–Trinajstić information content (AvgIpc) is 3.17. The zero-order valence-electron chi connectivity index (χ0n) is 12.6. The molecule has 6 nitrogen and oxygen atoms in total. The molecule has 4 rings (SSSR count). The summed E-state index contributed by atoms with van der Waals surface area (Å²) in [6.07, 6.45) is -1.55. The largest absolute Gasteiger partial charge is 0.438 e. The molecule has 0 saturated heterocycles. The van der Waals surface area contributed by atoms with Crippen molar-refractivity contribution in [3.05, 3.63) is 60.7 Å². The van der Waals surface area contributed by atoms with Crippen molar-refractivity contribution in [2.24, 2.45) is 0 Å². The second-order valence-corrected chi connectivity index (χ2v) is 5.08. The van der Waals surface area contributed by atoms with Gasteiger partial charge in [0, 0.05) is 5.56 Å². The number of fused-ring (bicyclic) bond motifs is 1. The lowest BCUT2D eigenvalue weighted by molar-refractivity contribution is 0.140. The fourth-order valence-corrected chi connectivity index (χ4v) is 2.32. The number of aromatic nitrogens is 4. The second kappa shape index (κ2) is 6.23. The Morgan fingerprint density at radius 3 is 2.48 bits per heavy atom. The Labute approximate surface area is 140 Å². The minimum Gasteiger partial charge on any atom is -0.438 e. The number of hydrogen-bond donors (Lipinski definition) is 0. The van der Waals surface area contributed by atoms with Gasteiger partial charge in [0.15, 0.2) is 5.82 Å². The van der Waals surface area contributed by atoms with E-state index in [4.69, 9.17) is 9.15 Å². The van der Waals surface area contributed by atoms with Gasteiger partial charge >= 0.3 is 0 Å². The summed E-state index contributed by atoms with van der Waals surface area (Å²) in [7, 11) is 0. The van der Waals surface area contributed by atoms with Crippen LogP contribution in [0.4, 0.5) is 8.78 Å². The minimum absolute atomic E-state index is 0.0754. The first-order valence-electron chi connectivity index (χ1n) is 7.30.